The molecule has 0 radical (unpaired) electrons. The number of carbonyl (C=O) groups is 1. The zero-order valence-corrected chi connectivity index (χ0v) is 16.5. The van der Waals surface area contributed by atoms with Gasteiger partial charge in [-0.15, -0.1) is 0 Å². The molecule has 3 heterocycles. The van der Waals surface area contributed by atoms with Crippen molar-refractivity contribution in [3.05, 3.63) is 59.5 Å². The van der Waals surface area contributed by atoms with Crippen LogP contribution in [-0.2, 0) is 17.7 Å². The largest absolute Gasteiger partial charge is 0.383 e. The Morgan fingerprint density at radius 1 is 1.25 bits per heavy atom. The molecule has 2 aromatic heterocycles. The van der Waals surface area contributed by atoms with Crippen LogP contribution < -0.4 is 0 Å². The van der Waals surface area contributed by atoms with Crippen molar-refractivity contribution in [3.63, 3.8) is 0 Å². The van der Waals surface area contributed by atoms with Gasteiger partial charge in [0.2, 0.25) is 0 Å². The van der Waals surface area contributed by atoms with Crippen LogP contribution in [0.15, 0.2) is 42.6 Å². The summed E-state index contributed by atoms with van der Waals surface area (Å²) in [6, 6.07) is 11.7. The topological polar surface area (TPSA) is 60.2 Å². The lowest BCUT2D eigenvalue weighted by Crippen LogP contribution is -2.29. The van der Waals surface area contributed by atoms with Gasteiger partial charge in [-0.05, 0) is 43.0 Å². The van der Waals surface area contributed by atoms with Crippen molar-refractivity contribution >= 4 is 17.1 Å². The van der Waals surface area contributed by atoms with Crippen molar-refractivity contribution in [2.24, 2.45) is 5.92 Å². The van der Waals surface area contributed by atoms with E-state index in [1.54, 1.807) is 13.3 Å². The number of imidazole rings is 1. The molecule has 6 nitrogen and oxygen atoms in total. The third-order valence-electron chi connectivity index (χ3n) is 5.52. The van der Waals surface area contributed by atoms with E-state index in [9.17, 15) is 4.79 Å². The van der Waals surface area contributed by atoms with Crippen LogP contribution in [0.3, 0.4) is 0 Å². The molecule has 3 aromatic rings. The molecule has 1 aliphatic heterocycles. The fourth-order valence-corrected chi connectivity index (χ4v) is 4.00. The Balaban J connectivity index is 1.50. The maximum absolute atomic E-state index is 12.9. The Morgan fingerprint density at radius 3 is 2.93 bits per heavy atom. The Labute approximate surface area is 165 Å². The van der Waals surface area contributed by atoms with Gasteiger partial charge < -0.3 is 14.2 Å². The molecule has 4 rings (SSSR count). The molecule has 6 heteroatoms. The maximum Gasteiger partial charge on any atom is 0.254 e. The molecule has 1 amide bonds. The van der Waals surface area contributed by atoms with Crippen LogP contribution in [0.5, 0.6) is 0 Å². The summed E-state index contributed by atoms with van der Waals surface area (Å²) in [5, 5.41) is 0. The third kappa shape index (κ3) is 3.64. The van der Waals surface area contributed by atoms with Crippen LogP contribution >= 0.6 is 0 Å². The van der Waals surface area contributed by atoms with Gasteiger partial charge in [0.05, 0.1) is 6.61 Å². The first-order valence-corrected chi connectivity index (χ1v) is 9.81. The van der Waals surface area contributed by atoms with Gasteiger partial charge in [-0.25, -0.2) is 9.97 Å². The Hall–Kier alpha value is -2.73. The molecule has 0 bridgehead atoms. The minimum Gasteiger partial charge on any atom is -0.383 e. The first kappa shape index (κ1) is 18.6. The maximum atomic E-state index is 12.9. The van der Waals surface area contributed by atoms with E-state index in [0.717, 1.165) is 60.6 Å². The van der Waals surface area contributed by atoms with Crippen LogP contribution in [0.4, 0.5) is 0 Å². The van der Waals surface area contributed by atoms with Crippen molar-refractivity contribution in [2.45, 2.75) is 26.3 Å². The number of aromatic nitrogens is 3. The molecule has 0 N–H and O–H groups in total. The van der Waals surface area contributed by atoms with Crippen LogP contribution in [0, 0.1) is 12.8 Å². The van der Waals surface area contributed by atoms with Crippen molar-refractivity contribution in [3.8, 4) is 0 Å². The normalized spacial score (nSPS) is 16.8. The molecule has 1 fully saturated rings. The van der Waals surface area contributed by atoms with Gasteiger partial charge in [0, 0.05) is 44.9 Å². The Morgan fingerprint density at radius 2 is 2.11 bits per heavy atom. The third-order valence-corrected chi connectivity index (χ3v) is 5.52. The Kier molecular flexibility index (Phi) is 5.39. The van der Waals surface area contributed by atoms with E-state index >= 15 is 0 Å². The molecule has 1 aromatic carbocycles. The second-order valence-corrected chi connectivity index (χ2v) is 7.44. The number of amides is 1. The van der Waals surface area contributed by atoms with E-state index in [2.05, 4.69) is 9.55 Å². The van der Waals surface area contributed by atoms with Crippen molar-refractivity contribution in [1.82, 2.24) is 19.4 Å². The number of aryl methyl sites for hydroxylation is 1. The molecule has 28 heavy (non-hydrogen) atoms. The number of ether oxygens (including phenoxy) is 1. The highest BCUT2D eigenvalue weighted by atomic mass is 16.5. The Bertz CT molecular complexity index is 982. The van der Waals surface area contributed by atoms with Crippen LogP contribution in [0.1, 0.15) is 28.2 Å². The number of benzene rings is 1. The lowest BCUT2D eigenvalue weighted by molar-refractivity contribution is 0.0786. The minimum atomic E-state index is 0.134. The molecule has 0 saturated carbocycles. The molecule has 1 saturated heterocycles. The van der Waals surface area contributed by atoms with Crippen LogP contribution in [0.2, 0.25) is 0 Å². The van der Waals surface area contributed by atoms with E-state index in [4.69, 9.17) is 9.72 Å². The summed E-state index contributed by atoms with van der Waals surface area (Å²) in [6.45, 7) is 4.92. The van der Waals surface area contributed by atoms with Crippen LogP contribution in [0.25, 0.3) is 11.2 Å². The second-order valence-electron chi connectivity index (χ2n) is 7.44. The summed E-state index contributed by atoms with van der Waals surface area (Å²) in [6.07, 6.45) is 3.64. The van der Waals surface area contributed by atoms with Gasteiger partial charge in [-0.1, -0.05) is 18.2 Å². The molecular weight excluding hydrogens is 352 g/mol. The number of carbonyl (C=O) groups excluding carboxylic acids is 1. The van der Waals surface area contributed by atoms with Gasteiger partial charge in [-0.3, -0.25) is 4.79 Å². The van der Waals surface area contributed by atoms with E-state index in [-0.39, 0.29) is 5.91 Å². The standard InChI is InChI=1S/C22H26N4O2/c1-16-6-3-4-7-18(16)22(27)25-11-9-17(15-25)14-20-24-19-8-5-10-23-21(19)26(20)12-13-28-2/h3-8,10,17H,9,11-15H2,1-2H3/t17-/m0/s1. The summed E-state index contributed by atoms with van der Waals surface area (Å²) in [4.78, 5) is 24.2. The van der Waals surface area contributed by atoms with Crippen molar-refractivity contribution in [2.75, 3.05) is 26.8 Å². The zero-order chi connectivity index (χ0) is 19.5. The fourth-order valence-electron chi connectivity index (χ4n) is 4.00. The predicted octanol–water partition coefficient (Wildman–Crippen LogP) is 3.09. The second kappa shape index (κ2) is 8.10. The number of methoxy groups -OCH3 is 1. The lowest BCUT2D eigenvalue weighted by Gasteiger charge is -2.18. The zero-order valence-electron chi connectivity index (χ0n) is 16.5. The van der Waals surface area contributed by atoms with Crippen molar-refractivity contribution < 1.29 is 9.53 Å². The molecule has 1 aliphatic rings. The fraction of sp³-hybridized carbons (Fsp3) is 0.409. The van der Waals surface area contributed by atoms with Gasteiger partial charge in [0.25, 0.3) is 5.91 Å². The molecule has 0 aliphatic carbocycles. The number of pyridine rings is 1. The van der Waals surface area contributed by atoms with Crippen LogP contribution in [-0.4, -0.2) is 52.1 Å². The highest BCUT2D eigenvalue weighted by Gasteiger charge is 2.29. The summed E-state index contributed by atoms with van der Waals surface area (Å²) in [5.41, 5.74) is 3.66. The average molecular weight is 378 g/mol. The lowest BCUT2D eigenvalue weighted by atomic mass is 10.0. The van der Waals surface area contributed by atoms with Gasteiger partial charge in [-0.2, -0.15) is 0 Å². The van der Waals surface area contributed by atoms with E-state index in [0.29, 0.717) is 12.5 Å². The van der Waals surface area contributed by atoms with E-state index < -0.39 is 0 Å². The molecule has 146 valence electrons. The first-order chi connectivity index (χ1) is 13.7. The summed E-state index contributed by atoms with van der Waals surface area (Å²) in [7, 11) is 1.71. The highest BCUT2D eigenvalue weighted by molar-refractivity contribution is 5.95. The first-order valence-electron chi connectivity index (χ1n) is 9.81. The molecule has 0 spiro atoms. The smallest absolute Gasteiger partial charge is 0.254 e. The minimum absolute atomic E-state index is 0.134. The van der Waals surface area contributed by atoms with E-state index in [1.807, 2.05) is 48.2 Å². The number of nitrogens with zero attached hydrogens (tertiary/aromatic N) is 4. The quantitative estimate of drug-likeness (QED) is 0.661. The molecule has 0 unspecified atom stereocenters. The number of fused-ring (bicyclic) bond motifs is 1. The SMILES string of the molecule is COCCn1c(C[C@@H]2CCN(C(=O)c3ccccc3C)C2)nc2cccnc21. The average Bonchev–Trinajstić information content (AvgIpc) is 3.31. The summed E-state index contributed by atoms with van der Waals surface area (Å²) < 4.78 is 7.43. The van der Waals surface area contributed by atoms with Crippen molar-refractivity contribution in [1.29, 1.82) is 0 Å². The van der Waals surface area contributed by atoms with Gasteiger partial charge >= 0.3 is 0 Å². The van der Waals surface area contributed by atoms with Gasteiger partial charge in [0.15, 0.2) is 5.65 Å². The molecule has 1 atom stereocenters. The number of rotatable bonds is 6. The summed E-state index contributed by atoms with van der Waals surface area (Å²) in [5.74, 6) is 1.57. The van der Waals surface area contributed by atoms with E-state index in [1.165, 1.54) is 0 Å². The predicted molar refractivity (Wildman–Crippen MR) is 108 cm³/mol. The molecular formula is C22H26N4O2. The highest BCUT2D eigenvalue weighted by Crippen LogP contribution is 2.24. The summed E-state index contributed by atoms with van der Waals surface area (Å²) >= 11 is 0. The number of likely N-dealkylation sites (tertiary alicyclic amines) is 1. The van der Waals surface area contributed by atoms with Gasteiger partial charge in [0.1, 0.15) is 11.3 Å². The monoisotopic (exact) mass is 378 g/mol. The number of hydrogen-bond donors (Lipinski definition) is 0. The number of hydrogen-bond acceptors (Lipinski definition) is 4.